The molecule has 0 amide bonds. The molecule has 44 heavy (non-hydrogen) atoms. The molecular formula is C28H29ClF6N6O3. The molecule has 4 rings (SSSR count). The van der Waals surface area contributed by atoms with Crippen molar-refractivity contribution >= 4 is 17.4 Å². The lowest BCUT2D eigenvalue weighted by molar-refractivity contribution is -0.143. The minimum atomic E-state index is -5.06. The molecule has 0 unspecified atom stereocenters. The highest BCUT2D eigenvalue weighted by Crippen LogP contribution is 2.37. The molecule has 0 atom stereocenters. The number of nitrogens with two attached hydrogens (primary N) is 2. The first-order chi connectivity index (χ1) is 20.6. The van der Waals surface area contributed by atoms with Crippen LogP contribution in [-0.2, 0) is 30.2 Å². The summed E-state index contributed by atoms with van der Waals surface area (Å²) in [6, 6.07) is 7.73. The highest BCUT2D eigenvalue weighted by molar-refractivity contribution is 6.33. The Balaban J connectivity index is 1.84. The van der Waals surface area contributed by atoms with Crippen LogP contribution in [0.2, 0.25) is 5.02 Å². The second-order valence-corrected chi connectivity index (χ2v) is 10.7. The van der Waals surface area contributed by atoms with Crippen molar-refractivity contribution in [2.24, 2.45) is 11.6 Å². The molecular weight excluding hydrogens is 618 g/mol. The second kappa shape index (κ2) is 13.1. The van der Waals surface area contributed by atoms with E-state index in [4.69, 9.17) is 32.4 Å². The highest BCUT2D eigenvalue weighted by Gasteiger charge is 2.37. The maximum atomic E-state index is 14.1. The number of rotatable bonds is 9. The van der Waals surface area contributed by atoms with Gasteiger partial charge in [-0.1, -0.05) is 35.0 Å². The summed E-state index contributed by atoms with van der Waals surface area (Å²) in [4.78, 5) is 17.4. The summed E-state index contributed by atoms with van der Waals surface area (Å²) in [6.45, 7) is 0.238. The molecule has 1 aliphatic rings. The number of allylic oxidation sites excluding steroid dienone is 1. The molecule has 4 N–H and O–H groups in total. The molecule has 1 aliphatic heterocycles. The van der Waals surface area contributed by atoms with Crippen LogP contribution in [0.1, 0.15) is 32.8 Å². The molecule has 9 nitrogen and oxygen atoms in total. The van der Waals surface area contributed by atoms with Gasteiger partial charge in [-0.3, -0.25) is 9.80 Å². The van der Waals surface area contributed by atoms with Crippen LogP contribution in [0.15, 0.2) is 58.5 Å². The van der Waals surface area contributed by atoms with Crippen molar-refractivity contribution in [3.8, 4) is 11.3 Å². The molecule has 16 heteroatoms. The number of Topliss-reactive ketones (excluding diaryl/α,β-unsaturated/α-hetero) is 1. The average molecular weight is 647 g/mol. The number of hydrogen-bond acceptors (Lipinski definition) is 9. The summed E-state index contributed by atoms with van der Waals surface area (Å²) in [5.74, 6) is 5.56. The summed E-state index contributed by atoms with van der Waals surface area (Å²) in [7, 11) is 3.46. The minimum Gasteiger partial charge on any atom is -0.393 e. The predicted octanol–water partition coefficient (Wildman–Crippen LogP) is 5.11. The first-order valence-corrected chi connectivity index (χ1v) is 13.5. The van der Waals surface area contributed by atoms with Crippen LogP contribution in [0.5, 0.6) is 0 Å². The van der Waals surface area contributed by atoms with E-state index in [1.54, 1.807) is 48.2 Å². The number of nitrogens with zero attached hydrogens (tertiary/aromatic N) is 4. The summed E-state index contributed by atoms with van der Waals surface area (Å²) < 4.78 is 92.0. The Bertz CT molecular complexity index is 1500. The normalized spacial score (nSPS) is 15.0. The lowest BCUT2D eigenvalue weighted by Crippen LogP contribution is -2.47. The van der Waals surface area contributed by atoms with E-state index in [1.165, 1.54) is 0 Å². The van der Waals surface area contributed by atoms with Gasteiger partial charge in [-0.2, -0.15) is 26.3 Å². The number of ether oxygens (including phenoxy) is 1. The fourth-order valence-electron chi connectivity index (χ4n) is 4.69. The van der Waals surface area contributed by atoms with Crippen molar-refractivity contribution < 1.29 is 40.4 Å². The quantitative estimate of drug-likeness (QED) is 0.108. The van der Waals surface area contributed by atoms with E-state index < -0.39 is 47.1 Å². The molecule has 1 aromatic heterocycles. The number of aromatic nitrogens is 1. The predicted molar refractivity (Wildman–Crippen MR) is 148 cm³/mol. The summed E-state index contributed by atoms with van der Waals surface area (Å²) in [5, 5.41) is 5.20. The largest absolute Gasteiger partial charge is 0.416 e. The number of morpholine rings is 1. The zero-order chi connectivity index (χ0) is 32.4. The van der Waals surface area contributed by atoms with Gasteiger partial charge in [0, 0.05) is 18.7 Å². The first-order valence-electron chi connectivity index (χ1n) is 13.1. The topological polar surface area (TPSA) is 114 Å². The minimum absolute atomic E-state index is 0.0232. The van der Waals surface area contributed by atoms with Gasteiger partial charge in [0.05, 0.1) is 48.0 Å². The number of carbonyl (C=O) groups excluding carboxylic acids is 1. The fourth-order valence-corrected chi connectivity index (χ4v) is 4.92. The number of carbonyl (C=O) groups is 1. The number of ketones is 1. The summed E-state index contributed by atoms with van der Waals surface area (Å²) in [5.41, 5.74) is 3.07. The average Bonchev–Trinajstić information content (AvgIpc) is 3.34. The van der Waals surface area contributed by atoms with Crippen LogP contribution in [0.3, 0.4) is 0 Å². The molecule has 2 heterocycles. The Labute approximate surface area is 253 Å². The van der Waals surface area contributed by atoms with Gasteiger partial charge in [-0.05, 0) is 43.9 Å². The number of hydrogen-bond donors (Lipinski definition) is 2. The van der Waals surface area contributed by atoms with Crippen LogP contribution in [0.4, 0.5) is 26.3 Å². The van der Waals surface area contributed by atoms with E-state index in [0.717, 1.165) is 5.01 Å². The van der Waals surface area contributed by atoms with E-state index in [2.05, 4.69) is 5.16 Å². The standard InChI is InChI=1S/C28H29ClF6N6O3/c1-39(2)15-21-22(24(38-44-21)19-5-3-4-6-20(19)29)25(42)23(36)26(40-7-9-43-10-8-40)41(37)14-16-11-17(27(30,31)32)13-18(12-16)28(33,34)35/h3-6,11-13H,7-10,14-15,36-37H2,1-2H3/b26-23-. The first kappa shape index (κ1) is 33.1. The third-order valence-corrected chi connectivity index (χ3v) is 6.98. The molecule has 2 aromatic carbocycles. The van der Waals surface area contributed by atoms with Gasteiger partial charge < -0.3 is 24.8 Å². The second-order valence-electron chi connectivity index (χ2n) is 10.3. The van der Waals surface area contributed by atoms with Crippen molar-refractivity contribution in [1.82, 2.24) is 20.0 Å². The number of halogens is 7. The zero-order valence-corrected chi connectivity index (χ0v) is 24.4. The molecule has 1 fully saturated rings. The van der Waals surface area contributed by atoms with Crippen LogP contribution in [0, 0.1) is 0 Å². The highest BCUT2D eigenvalue weighted by atomic mass is 35.5. The fraction of sp³-hybridized carbons (Fsp3) is 0.357. The molecule has 1 saturated heterocycles. The molecule has 0 aliphatic carbocycles. The van der Waals surface area contributed by atoms with E-state index >= 15 is 0 Å². The van der Waals surface area contributed by atoms with Crippen molar-refractivity contribution in [2.75, 3.05) is 40.4 Å². The number of alkyl halides is 6. The Morgan fingerprint density at radius 3 is 2.14 bits per heavy atom. The maximum Gasteiger partial charge on any atom is 0.416 e. The SMILES string of the molecule is CN(C)Cc1onc(-c2ccccc2Cl)c1C(=O)/C(N)=C(/N(N)Cc1cc(C(F)(F)F)cc(C(F)(F)F)c1)N1CCOCC1. The van der Waals surface area contributed by atoms with Crippen LogP contribution in [-0.4, -0.2) is 66.1 Å². The Morgan fingerprint density at radius 1 is 1.00 bits per heavy atom. The van der Waals surface area contributed by atoms with E-state index in [0.29, 0.717) is 17.7 Å². The molecule has 0 radical (unpaired) electrons. The Hall–Kier alpha value is -3.79. The maximum absolute atomic E-state index is 14.1. The summed E-state index contributed by atoms with van der Waals surface area (Å²) >= 11 is 6.39. The van der Waals surface area contributed by atoms with E-state index in [-0.39, 0.29) is 66.8 Å². The van der Waals surface area contributed by atoms with Crippen LogP contribution in [0.25, 0.3) is 11.3 Å². The molecule has 0 bridgehead atoms. The third kappa shape index (κ3) is 7.46. The Morgan fingerprint density at radius 2 is 1.59 bits per heavy atom. The van der Waals surface area contributed by atoms with Gasteiger partial charge in [0.25, 0.3) is 0 Å². The van der Waals surface area contributed by atoms with Crippen molar-refractivity contribution in [3.63, 3.8) is 0 Å². The van der Waals surface area contributed by atoms with E-state index in [1.807, 2.05) is 0 Å². The van der Waals surface area contributed by atoms with Crippen molar-refractivity contribution in [3.05, 3.63) is 87.0 Å². The Kier molecular flexibility index (Phi) is 9.83. The number of hydrazine groups is 1. The molecule has 238 valence electrons. The molecule has 0 spiro atoms. The van der Waals surface area contributed by atoms with Gasteiger partial charge in [0.2, 0.25) is 5.78 Å². The van der Waals surface area contributed by atoms with Gasteiger partial charge in [0.15, 0.2) is 5.76 Å². The van der Waals surface area contributed by atoms with Gasteiger partial charge in [-0.15, -0.1) is 0 Å². The van der Waals surface area contributed by atoms with Gasteiger partial charge in [0.1, 0.15) is 17.2 Å². The summed E-state index contributed by atoms with van der Waals surface area (Å²) in [6.07, 6.45) is -10.1. The van der Waals surface area contributed by atoms with Crippen LogP contribution < -0.4 is 11.6 Å². The van der Waals surface area contributed by atoms with E-state index in [9.17, 15) is 31.1 Å². The molecule has 3 aromatic rings. The van der Waals surface area contributed by atoms with Crippen molar-refractivity contribution in [1.29, 1.82) is 0 Å². The van der Waals surface area contributed by atoms with Gasteiger partial charge in [-0.25, -0.2) is 5.84 Å². The number of benzene rings is 2. The smallest absolute Gasteiger partial charge is 0.393 e. The van der Waals surface area contributed by atoms with Gasteiger partial charge >= 0.3 is 12.4 Å². The third-order valence-electron chi connectivity index (χ3n) is 6.65. The monoisotopic (exact) mass is 646 g/mol. The van der Waals surface area contributed by atoms with Crippen LogP contribution >= 0.6 is 11.6 Å². The zero-order valence-electron chi connectivity index (χ0n) is 23.6. The lowest BCUT2D eigenvalue weighted by Gasteiger charge is -2.36. The van der Waals surface area contributed by atoms with Crippen molar-refractivity contribution in [2.45, 2.75) is 25.4 Å². The lowest BCUT2D eigenvalue weighted by atomic mass is 10.00. The molecule has 0 saturated carbocycles.